The van der Waals surface area contributed by atoms with E-state index in [9.17, 15) is 23.3 Å². The van der Waals surface area contributed by atoms with Crippen molar-refractivity contribution in [2.75, 3.05) is 45.8 Å². The number of nitrogens with zero attached hydrogens (tertiary/aromatic N) is 4. The highest BCUT2D eigenvalue weighted by atomic mass is 32.2. The number of rotatable bonds is 5. The zero-order valence-electron chi connectivity index (χ0n) is 18.9. The highest BCUT2D eigenvalue weighted by Crippen LogP contribution is 2.23. The summed E-state index contributed by atoms with van der Waals surface area (Å²) in [7, 11) is -3.67. The molecule has 2 aliphatic heterocycles. The monoisotopic (exact) mass is 468 g/mol. The van der Waals surface area contributed by atoms with Crippen molar-refractivity contribution in [1.82, 2.24) is 14.1 Å². The van der Waals surface area contributed by atoms with E-state index >= 15 is 0 Å². The normalized spacial score (nSPS) is 19.7. The fourth-order valence-corrected chi connectivity index (χ4v) is 5.45. The van der Waals surface area contributed by atoms with Gasteiger partial charge in [-0.25, -0.2) is 13.2 Å². The van der Waals surface area contributed by atoms with E-state index in [4.69, 9.17) is 4.74 Å². The van der Waals surface area contributed by atoms with Gasteiger partial charge in [-0.1, -0.05) is 0 Å². The fraction of sp³-hybridized carbons (Fsp3) is 0.667. The molecule has 0 saturated carbocycles. The number of carbonyl (C=O) groups excluding carboxylic acids is 1. The number of nitro groups is 1. The lowest BCUT2D eigenvalue weighted by Crippen LogP contribution is -2.50. The maximum absolute atomic E-state index is 12.9. The zero-order chi connectivity index (χ0) is 23.5. The summed E-state index contributed by atoms with van der Waals surface area (Å²) in [5.74, 6) is 0.464. The molecule has 0 spiro atoms. The van der Waals surface area contributed by atoms with E-state index in [0.717, 1.165) is 19.4 Å². The Morgan fingerprint density at radius 2 is 1.62 bits per heavy atom. The average Bonchev–Trinajstić information content (AvgIpc) is 2.73. The highest BCUT2D eigenvalue weighted by Gasteiger charge is 2.31. The summed E-state index contributed by atoms with van der Waals surface area (Å²) < 4.78 is 32.6. The topological polar surface area (TPSA) is 113 Å². The van der Waals surface area contributed by atoms with Crippen LogP contribution in [0.4, 0.5) is 10.5 Å². The molecule has 1 aromatic rings. The molecule has 0 aliphatic carbocycles. The Morgan fingerprint density at radius 3 is 2.12 bits per heavy atom. The van der Waals surface area contributed by atoms with Gasteiger partial charge in [-0.05, 0) is 51.7 Å². The van der Waals surface area contributed by atoms with Gasteiger partial charge in [-0.3, -0.25) is 10.1 Å². The zero-order valence-corrected chi connectivity index (χ0v) is 19.7. The molecule has 0 aromatic heterocycles. The van der Waals surface area contributed by atoms with Gasteiger partial charge in [0, 0.05) is 57.9 Å². The van der Waals surface area contributed by atoms with Gasteiger partial charge in [0.15, 0.2) is 0 Å². The Balaban J connectivity index is 1.46. The van der Waals surface area contributed by atoms with E-state index in [1.807, 2.05) is 20.8 Å². The van der Waals surface area contributed by atoms with E-state index in [1.165, 1.54) is 28.6 Å². The number of hydrogen-bond acceptors (Lipinski definition) is 7. The van der Waals surface area contributed by atoms with Gasteiger partial charge in [0.05, 0.1) is 9.82 Å². The van der Waals surface area contributed by atoms with Gasteiger partial charge in [-0.15, -0.1) is 0 Å². The first-order chi connectivity index (χ1) is 15.0. The van der Waals surface area contributed by atoms with Crippen LogP contribution in [-0.2, 0) is 14.8 Å². The van der Waals surface area contributed by atoms with E-state index < -0.39 is 20.5 Å². The molecule has 2 heterocycles. The van der Waals surface area contributed by atoms with Gasteiger partial charge in [0.1, 0.15) is 5.60 Å². The minimum atomic E-state index is -3.67. The van der Waals surface area contributed by atoms with Crippen LogP contribution in [0.15, 0.2) is 29.2 Å². The van der Waals surface area contributed by atoms with Crippen molar-refractivity contribution in [3.63, 3.8) is 0 Å². The number of piperidine rings is 1. The Morgan fingerprint density at radius 1 is 1.06 bits per heavy atom. The Hall–Kier alpha value is -2.24. The van der Waals surface area contributed by atoms with Gasteiger partial charge < -0.3 is 14.5 Å². The molecule has 1 amide bonds. The SMILES string of the molecule is CC(C)(C)OC(=O)N1CCC(CN2CCN(S(=O)(=O)c3ccc([N+](=O)[O-])cc3)CC2)CC1. The van der Waals surface area contributed by atoms with E-state index in [0.29, 0.717) is 45.2 Å². The highest BCUT2D eigenvalue weighted by molar-refractivity contribution is 7.89. The number of hydrogen-bond donors (Lipinski definition) is 0. The van der Waals surface area contributed by atoms with Crippen LogP contribution in [0, 0.1) is 16.0 Å². The van der Waals surface area contributed by atoms with Crippen molar-refractivity contribution in [3.05, 3.63) is 34.4 Å². The number of nitro benzene ring substituents is 1. The Kier molecular flexibility index (Phi) is 7.41. The van der Waals surface area contributed by atoms with Gasteiger partial charge in [0.2, 0.25) is 10.0 Å². The number of sulfonamides is 1. The van der Waals surface area contributed by atoms with Crippen LogP contribution in [-0.4, -0.2) is 85.0 Å². The van der Waals surface area contributed by atoms with Gasteiger partial charge in [-0.2, -0.15) is 4.31 Å². The molecule has 0 unspecified atom stereocenters. The number of piperazine rings is 1. The third kappa shape index (κ3) is 6.17. The van der Waals surface area contributed by atoms with E-state index in [1.54, 1.807) is 4.90 Å². The number of benzene rings is 1. The van der Waals surface area contributed by atoms with E-state index in [2.05, 4.69) is 4.90 Å². The van der Waals surface area contributed by atoms with Crippen LogP contribution in [0.3, 0.4) is 0 Å². The second-order valence-corrected chi connectivity index (χ2v) is 11.3. The molecular formula is C21H32N4O6S. The molecule has 2 aliphatic rings. The molecule has 0 atom stereocenters. The molecule has 11 heteroatoms. The van der Waals surface area contributed by atoms with Crippen LogP contribution in [0.1, 0.15) is 33.6 Å². The summed E-state index contributed by atoms with van der Waals surface area (Å²) in [4.78, 5) is 26.6. The minimum absolute atomic E-state index is 0.0751. The largest absolute Gasteiger partial charge is 0.444 e. The molecule has 0 bridgehead atoms. The lowest BCUT2D eigenvalue weighted by atomic mass is 9.96. The molecule has 0 N–H and O–H groups in total. The first-order valence-corrected chi connectivity index (χ1v) is 12.3. The second-order valence-electron chi connectivity index (χ2n) is 9.37. The molecule has 32 heavy (non-hydrogen) atoms. The number of likely N-dealkylation sites (tertiary alicyclic amines) is 1. The lowest BCUT2D eigenvalue weighted by Gasteiger charge is -2.38. The molecule has 2 saturated heterocycles. The predicted molar refractivity (Wildman–Crippen MR) is 119 cm³/mol. The van der Waals surface area contributed by atoms with Crippen molar-refractivity contribution in [1.29, 1.82) is 0 Å². The van der Waals surface area contributed by atoms with Crippen LogP contribution in [0.5, 0.6) is 0 Å². The quantitative estimate of drug-likeness (QED) is 0.482. The summed E-state index contributed by atoms with van der Waals surface area (Å²) in [5.41, 5.74) is -0.630. The van der Waals surface area contributed by atoms with Gasteiger partial charge >= 0.3 is 6.09 Å². The van der Waals surface area contributed by atoms with Crippen molar-refractivity contribution < 1.29 is 22.9 Å². The van der Waals surface area contributed by atoms with Gasteiger partial charge in [0.25, 0.3) is 5.69 Å². The third-order valence-electron chi connectivity index (χ3n) is 5.80. The predicted octanol–water partition coefficient (Wildman–Crippen LogP) is 2.55. The van der Waals surface area contributed by atoms with Crippen molar-refractivity contribution in [2.45, 2.75) is 44.1 Å². The Bertz CT molecular complexity index is 913. The standard InChI is InChI=1S/C21H32N4O6S/c1-21(2,3)31-20(26)23-10-8-17(9-11-23)16-22-12-14-24(15-13-22)32(29,30)19-6-4-18(5-7-19)25(27)28/h4-7,17H,8-16H2,1-3H3. The number of ether oxygens (including phenoxy) is 1. The summed E-state index contributed by atoms with van der Waals surface area (Å²) in [6.07, 6.45) is 1.54. The smallest absolute Gasteiger partial charge is 0.410 e. The minimum Gasteiger partial charge on any atom is -0.444 e. The van der Waals surface area contributed by atoms with Crippen LogP contribution in [0.25, 0.3) is 0 Å². The number of amides is 1. The summed E-state index contributed by atoms with van der Waals surface area (Å²) in [6, 6.07) is 5.01. The molecular weight excluding hydrogens is 436 g/mol. The van der Waals surface area contributed by atoms with Crippen LogP contribution in [0.2, 0.25) is 0 Å². The van der Waals surface area contributed by atoms with Crippen LogP contribution >= 0.6 is 0 Å². The second kappa shape index (κ2) is 9.72. The Labute approximate surface area is 189 Å². The first-order valence-electron chi connectivity index (χ1n) is 10.9. The van der Waals surface area contributed by atoms with Crippen molar-refractivity contribution in [2.24, 2.45) is 5.92 Å². The molecule has 178 valence electrons. The van der Waals surface area contributed by atoms with E-state index in [-0.39, 0.29) is 16.7 Å². The first kappa shape index (κ1) is 24.4. The molecule has 1 aromatic carbocycles. The summed E-state index contributed by atoms with van der Waals surface area (Å²) in [5, 5.41) is 10.8. The third-order valence-corrected chi connectivity index (χ3v) is 7.71. The molecule has 3 rings (SSSR count). The maximum Gasteiger partial charge on any atom is 0.410 e. The molecule has 10 nitrogen and oxygen atoms in total. The summed E-state index contributed by atoms with van der Waals surface area (Å²) in [6.45, 7) is 9.86. The average molecular weight is 469 g/mol. The van der Waals surface area contributed by atoms with Crippen LogP contribution < -0.4 is 0 Å². The van der Waals surface area contributed by atoms with Crippen molar-refractivity contribution in [3.8, 4) is 0 Å². The lowest BCUT2D eigenvalue weighted by molar-refractivity contribution is -0.384. The summed E-state index contributed by atoms with van der Waals surface area (Å²) >= 11 is 0. The number of non-ortho nitro benzene ring substituents is 1. The molecule has 2 fully saturated rings. The number of carbonyl (C=O) groups is 1. The molecule has 0 radical (unpaired) electrons. The maximum atomic E-state index is 12.9. The van der Waals surface area contributed by atoms with Crippen molar-refractivity contribution >= 4 is 21.8 Å². The fourth-order valence-electron chi connectivity index (χ4n) is 4.03.